The molecule has 0 bridgehead atoms. The lowest BCUT2D eigenvalue weighted by Gasteiger charge is -2.29. The first-order valence-electron chi connectivity index (χ1n) is 26.9. The van der Waals surface area contributed by atoms with Crippen molar-refractivity contribution in [2.75, 3.05) is 39.3 Å². The second kappa shape index (κ2) is 36.9. The molecule has 79 heavy (non-hydrogen) atoms. The number of aliphatic hydroxyl groups is 4. The molecule has 30 nitrogen and oxygen atoms in total. The zero-order valence-electron chi connectivity index (χ0n) is 46.6. The first-order valence-corrected chi connectivity index (χ1v) is 26.9. The maximum Gasteiger partial charge on any atom is 0.245 e. The van der Waals surface area contributed by atoms with Gasteiger partial charge in [0.25, 0.3) is 0 Å². The highest BCUT2D eigenvalue weighted by molar-refractivity contribution is 5.99. The van der Waals surface area contributed by atoms with Gasteiger partial charge in [0, 0.05) is 13.0 Å². The minimum absolute atomic E-state index is 0.0467. The number of rotatable bonds is 26. The van der Waals surface area contributed by atoms with Gasteiger partial charge < -0.3 is 102 Å². The molecule has 1 rings (SSSR count). The van der Waals surface area contributed by atoms with Crippen molar-refractivity contribution in [2.24, 2.45) is 34.8 Å². The fraction of sp³-hybridized carbons (Fsp3) is 0.776. The Morgan fingerprint density at radius 2 is 1.01 bits per heavy atom. The molecule has 0 spiro atoms. The summed E-state index contributed by atoms with van der Waals surface area (Å²) in [6.07, 6.45) is -3.81. The number of nitrogens with one attached hydrogen (secondary N) is 11. The Morgan fingerprint density at radius 3 is 1.48 bits per heavy atom. The number of unbranched alkanes of at least 4 members (excludes halogenated alkanes) is 1. The number of carbonyl (C=O) groups is 11. The van der Waals surface area contributed by atoms with Crippen molar-refractivity contribution in [3.8, 4) is 0 Å². The van der Waals surface area contributed by atoms with Gasteiger partial charge in [-0.25, -0.2) is 0 Å². The van der Waals surface area contributed by atoms with Crippen LogP contribution in [0.2, 0.25) is 0 Å². The third kappa shape index (κ3) is 25.7. The number of aliphatic hydroxyl groups excluding tert-OH is 4. The predicted octanol–water partition coefficient (Wildman–Crippen LogP) is -7.85. The van der Waals surface area contributed by atoms with Gasteiger partial charge in [0.1, 0.15) is 60.4 Å². The molecule has 30 heteroatoms. The van der Waals surface area contributed by atoms with Crippen LogP contribution >= 0.6 is 0 Å². The Hall–Kier alpha value is -6.15. The monoisotopic (exact) mass is 1130 g/mol. The summed E-state index contributed by atoms with van der Waals surface area (Å²) in [5.41, 5.74) is 23.1. The van der Waals surface area contributed by atoms with Gasteiger partial charge in [0.15, 0.2) is 0 Å². The molecule has 1 heterocycles. The van der Waals surface area contributed by atoms with E-state index in [0.717, 1.165) is 26.7 Å². The van der Waals surface area contributed by atoms with E-state index in [1.54, 1.807) is 13.8 Å². The smallest absolute Gasteiger partial charge is 0.245 e. The van der Waals surface area contributed by atoms with Gasteiger partial charge in [-0.1, -0.05) is 40.5 Å². The molecule has 1 saturated heterocycles. The highest BCUT2D eigenvalue weighted by Crippen LogP contribution is 2.11. The molecule has 452 valence electrons. The van der Waals surface area contributed by atoms with Gasteiger partial charge in [0.2, 0.25) is 65.0 Å². The second-order valence-electron chi connectivity index (χ2n) is 20.5. The minimum atomic E-state index is -1.90. The highest BCUT2D eigenvalue weighted by Gasteiger charge is 2.38. The number of hydrogen-bond donors (Lipinski definition) is 19. The molecule has 1 aliphatic rings. The van der Waals surface area contributed by atoms with Gasteiger partial charge in [-0.15, -0.1) is 0 Å². The number of amides is 11. The van der Waals surface area contributed by atoms with Gasteiger partial charge in [0.05, 0.1) is 24.9 Å². The molecule has 0 aromatic rings. The zero-order valence-corrected chi connectivity index (χ0v) is 46.6. The normalized spacial score (nSPS) is 23.9. The van der Waals surface area contributed by atoms with Crippen LogP contribution in [0, 0.1) is 11.8 Å². The number of hydrogen-bond acceptors (Lipinski definition) is 19. The van der Waals surface area contributed by atoms with Crippen LogP contribution in [0.5, 0.6) is 0 Å². The van der Waals surface area contributed by atoms with Crippen LogP contribution < -0.4 is 81.4 Å². The third-order valence-electron chi connectivity index (χ3n) is 12.5. The van der Waals surface area contributed by atoms with Crippen LogP contribution in [0.4, 0.5) is 0 Å². The largest absolute Gasteiger partial charge is 0.394 e. The number of carbonyl (C=O) groups excluding carboxylic acids is 11. The molecule has 0 aromatic carbocycles. The summed E-state index contributed by atoms with van der Waals surface area (Å²) in [4.78, 5) is 151. The van der Waals surface area contributed by atoms with Crippen LogP contribution in [-0.4, -0.2) is 203 Å². The van der Waals surface area contributed by atoms with E-state index in [2.05, 4.69) is 58.5 Å². The summed E-state index contributed by atoms with van der Waals surface area (Å²) in [7, 11) is 0. The summed E-state index contributed by atoms with van der Waals surface area (Å²) in [6, 6.07) is -16.0. The van der Waals surface area contributed by atoms with E-state index in [0.29, 0.717) is 12.3 Å². The van der Waals surface area contributed by atoms with E-state index in [1.165, 1.54) is 6.92 Å². The Labute approximate surface area is 461 Å². The first kappa shape index (κ1) is 70.9. The molecule has 23 N–H and O–H groups in total. The summed E-state index contributed by atoms with van der Waals surface area (Å²) < 4.78 is 0. The third-order valence-corrected chi connectivity index (χ3v) is 12.5. The standard InChI is InChI=1S/C49H91N15O15/c1-24(2)10-8-9-11-36(69)55-29(12-17-50)43(73)63-39(28(7)68)49(79)61-35(23-65)46(76)58-33-16-21-54-47(77)37(26(5)66)62-44(74)32(15-20-53)57-40(70)31(14-19-52)59-48(78)38(27(6)67)64-45(75)34(22-25(3)4)60-41(71)30(13-18-51)56-42(33)72/h24-35,37-39,65-68H,8-23,50-53H2,1-7H3,(H,54,77)(H,55,69)(H,56,72)(H,57,70)(H,58,76)(H,59,78)(H,60,71)(H,61,79)(H,62,74)(H,63,73)(H,64,75)/t26-,27-,28-,29+,30+,31+,32+,33+,34-,35?,37+,38+,39+/m1/s1. The van der Waals surface area contributed by atoms with Crippen LogP contribution in [0.15, 0.2) is 0 Å². The topological polar surface area (TPSA) is 505 Å². The van der Waals surface area contributed by atoms with E-state index in [-0.39, 0.29) is 70.6 Å². The van der Waals surface area contributed by atoms with E-state index in [9.17, 15) is 73.2 Å². The van der Waals surface area contributed by atoms with Crippen LogP contribution in [0.1, 0.15) is 113 Å². The molecule has 1 aliphatic heterocycles. The van der Waals surface area contributed by atoms with E-state index in [4.69, 9.17) is 22.9 Å². The zero-order chi connectivity index (χ0) is 60.1. The van der Waals surface area contributed by atoms with Crippen molar-refractivity contribution < 1.29 is 73.2 Å². The number of nitrogens with two attached hydrogens (primary N) is 4. The molecular formula is C49H91N15O15. The van der Waals surface area contributed by atoms with Gasteiger partial charge in [-0.05, 0) is 104 Å². The van der Waals surface area contributed by atoms with Gasteiger partial charge in [-0.3, -0.25) is 52.7 Å². The molecule has 13 atom stereocenters. The molecule has 0 aliphatic carbocycles. The molecule has 1 fully saturated rings. The Morgan fingerprint density at radius 1 is 0.532 bits per heavy atom. The summed E-state index contributed by atoms with van der Waals surface area (Å²) in [5, 5.41) is 68.9. The van der Waals surface area contributed by atoms with Crippen molar-refractivity contribution in [1.82, 2.24) is 58.5 Å². The minimum Gasteiger partial charge on any atom is -0.394 e. The van der Waals surface area contributed by atoms with Crippen LogP contribution in [0.25, 0.3) is 0 Å². The SMILES string of the molecule is CC(C)CCCCC(=O)N[C@@H](CCN)C(=O)N[C@H](C(=O)NC(CO)C(=O)N[C@H]1CCNC(=O)[C@H]([C@@H](C)O)NC(=O)[C@H](CCN)NC(=O)[C@H](CCN)NC(=O)[C@H]([C@@H](C)O)NC(=O)[C@@H](CC(C)C)NC(=O)[C@H](CCN)NC1=O)[C@@H](C)O. The van der Waals surface area contributed by atoms with Crippen molar-refractivity contribution in [3.63, 3.8) is 0 Å². The molecule has 0 aromatic heterocycles. The summed E-state index contributed by atoms with van der Waals surface area (Å²) >= 11 is 0. The Bertz CT molecular complexity index is 2010. The summed E-state index contributed by atoms with van der Waals surface area (Å²) in [5.74, 6) is -10.7. The first-order chi connectivity index (χ1) is 37.1. The van der Waals surface area contributed by atoms with Crippen LogP contribution in [0.3, 0.4) is 0 Å². The predicted molar refractivity (Wildman–Crippen MR) is 287 cm³/mol. The lowest BCUT2D eigenvalue weighted by molar-refractivity contribution is -0.137. The molecule has 1 unspecified atom stereocenters. The average Bonchev–Trinajstić information content (AvgIpc) is 3.36. The fourth-order valence-corrected chi connectivity index (χ4v) is 8.05. The molecular weight excluding hydrogens is 1040 g/mol. The maximum absolute atomic E-state index is 14.2. The van der Waals surface area contributed by atoms with E-state index in [1.807, 2.05) is 13.8 Å². The lowest BCUT2D eigenvalue weighted by atomic mass is 10.0. The Balaban J connectivity index is 3.76. The lowest BCUT2D eigenvalue weighted by Crippen LogP contribution is -2.62. The summed E-state index contributed by atoms with van der Waals surface area (Å²) in [6.45, 7) is 8.73. The fourth-order valence-electron chi connectivity index (χ4n) is 8.05. The van der Waals surface area contributed by atoms with Crippen molar-refractivity contribution in [1.29, 1.82) is 0 Å². The maximum atomic E-state index is 14.2. The molecule has 11 amide bonds. The second-order valence-corrected chi connectivity index (χ2v) is 20.5. The van der Waals surface area contributed by atoms with Crippen molar-refractivity contribution in [2.45, 2.75) is 191 Å². The van der Waals surface area contributed by atoms with Gasteiger partial charge in [-0.2, -0.15) is 0 Å². The molecule has 0 radical (unpaired) electrons. The highest BCUT2D eigenvalue weighted by atomic mass is 16.3. The van der Waals surface area contributed by atoms with Crippen LogP contribution in [-0.2, 0) is 52.7 Å². The molecule has 0 saturated carbocycles. The van der Waals surface area contributed by atoms with E-state index < -0.39 is 163 Å². The van der Waals surface area contributed by atoms with Crippen molar-refractivity contribution in [3.05, 3.63) is 0 Å². The quantitative estimate of drug-likeness (QED) is 0.0358. The van der Waals surface area contributed by atoms with Crippen molar-refractivity contribution >= 4 is 65.0 Å². The van der Waals surface area contributed by atoms with Gasteiger partial charge >= 0.3 is 0 Å². The van der Waals surface area contributed by atoms with E-state index >= 15 is 0 Å². The Kier molecular flexibility index (Phi) is 33.1. The average molecular weight is 1130 g/mol.